The molecule has 0 aromatic heterocycles. The van der Waals surface area contributed by atoms with Gasteiger partial charge in [-0.3, -0.25) is 0 Å². The van der Waals surface area contributed by atoms with Crippen molar-refractivity contribution < 1.29 is 4.39 Å². The summed E-state index contributed by atoms with van der Waals surface area (Å²) < 4.78 is 13.2. The van der Waals surface area contributed by atoms with Gasteiger partial charge < -0.3 is 5.32 Å². The number of nitrogens with one attached hydrogen (secondary N) is 1. The van der Waals surface area contributed by atoms with E-state index in [1.165, 1.54) is 6.07 Å². The molecule has 1 rings (SSSR count). The zero-order valence-electron chi connectivity index (χ0n) is 7.91. The molecule has 0 aliphatic carbocycles. The molecule has 0 saturated carbocycles. The van der Waals surface area contributed by atoms with Gasteiger partial charge >= 0.3 is 0 Å². The predicted octanol–water partition coefficient (Wildman–Crippen LogP) is 3.12. The maximum Gasteiger partial charge on any atom is 0.126 e. The molecule has 0 atom stereocenters. The Hall–Kier alpha value is -0.310. The Morgan fingerprint density at radius 1 is 1.43 bits per heavy atom. The van der Waals surface area contributed by atoms with Crippen molar-refractivity contribution in [3.63, 3.8) is 0 Å². The largest absolute Gasteiger partial charge is 0.304 e. The van der Waals surface area contributed by atoms with E-state index in [0.717, 1.165) is 5.56 Å². The van der Waals surface area contributed by atoms with Crippen LogP contribution in [0.1, 0.15) is 11.1 Å². The van der Waals surface area contributed by atoms with E-state index < -0.39 is 0 Å². The van der Waals surface area contributed by atoms with E-state index in [0.29, 0.717) is 29.6 Å². The highest BCUT2D eigenvalue weighted by molar-refractivity contribution is 6.31. The van der Waals surface area contributed by atoms with Crippen molar-refractivity contribution in [3.8, 4) is 0 Å². The summed E-state index contributed by atoms with van der Waals surface area (Å²) in [5, 5.41) is 3.55. The van der Waals surface area contributed by atoms with Gasteiger partial charge in [-0.25, -0.2) is 4.39 Å². The maximum absolute atomic E-state index is 13.2. The second-order valence-electron chi connectivity index (χ2n) is 3.08. The van der Waals surface area contributed by atoms with Crippen molar-refractivity contribution in [2.75, 3.05) is 12.5 Å². The highest BCUT2D eigenvalue weighted by Gasteiger charge is 2.04. The van der Waals surface area contributed by atoms with Gasteiger partial charge in [-0.2, -0.15) is 0 Å². The molecule has 1 N–H and O–H groups in total. The molecule has 0 spiro atoms. The van der Waals surface area contributed by atoms with Gasteiger partial charge in [-0.1, -0.05) is 11.6 Å². The van der Waals surface area contributed by atoms with Crippen LogP contribution in [0, 0.1) is 12.7 Å². The van der Waals surface area contributed by atoms with Crippen LogP contribution in [0.25, 0.3) is 0 Å². The molecule has 0 aliphatic heterocycles. The van der Waals surface area contributed by atoms with Crippen LogP contribution in [0.4, 0.5) is 4.39 Å². The normalized spacial score (nSPS) is 10.6. The minimum Gasteiger partial charge on any atom is -0.304 e. The average Bonchev–Trinajstić information content (AvgIpc) is 2.14. The smallest absolute Gasteiger partial charge is 0.126 e. The van der Waals surface area contributed by atoms with E-state index in [4.69, 9.17) is 23.2 Å². The van der Waals surface area contributed by atoms with E-state index in [1.807, 2.05) is 0 Å². The van der Waals surface area contributed by atoms with Crippen molar-refractivity contribution in [1.29, 1.82) is 0 Å². The topological polar surface area (TPSA) is 12.0 Å². The van der Waals surface area contributed by atoms with Crippen molar-refractivity contribution in [3.05, 3.63) is 34.1 Å². The van der Waals surface area contributed by atoms with Crippen LogP contribution in [-0.4, -0.2) is 12.5 Å². The second-order valence-corrected chi connectivity index (χ2v) is 3.75. The van der Waals surface area contributed by atoms with Crippen molar-refractivity contribution in [2.45, 2.75) is 13.3 Å². The van der Waals surface area contributed by atoms with E-state index in [9.17, 15) is 4.39 Å². The maximum atomic E-state index is 13.2. The highest BCUT2D eigenvalue weighted by atomic mass is 35.5. The number of hydrogen-bond acceptors (Lipinski definition) is 1. The summed E-state index contributed by atoms with van der Waals surface area (Å²) in [4.78, 5) is 0. The van der Waals surface area contributed by atoms with Crippen LogP contribution in [-0.2, 0) is 6.42 Å². The van der Waals surface area contributed by atoms with Gasteiger partial charge in [-0.05, 0) is 36.6 Å². The van der Waals surface area contributed by atoms with Crippen LogP contribution in [0.2, 0.25) is 5.02 Å². The van der Waals surface area contributed by atoms with Gasteiger partial charge in [0.15, 0.2) is 0 Å². The number of rotatable bonds is 4. The molecular formula is C10H12Cl2FN. The molecule has 0 fully saturated rings. The Labute approximate surface area is 93.2 Å². The molecule has 0 amide bonds. The first-order valence-electron chi connectivity index (χ1n) is 4.36. The highest BCUT2D eigenvalue weighted by Crippen LogP contribution is 2.20. The summed E-state index contributed by atoms with van der Waals surface area (Å²) in [6.45, 7) is 2.40. The van der Waals surface area contributed by atoms with Gasteiger partial charge in [-0.15, -0.1) is 11.6 Å². The molecule has 0 bridgehead atoms. The quantitative estimate of drug-likeness (QED) is 0.481. The van der Waals surface area contributed by atoms with Crippen LogP contribution >= 0.6 is 23.2 Å². The van der Waals surface area contributed by atoms with E-state index in [-0.39, 0.29) is 5.82 Å². The Morgan fingerprint density at radius 3 is 2.79 bits per heavy atom. The lowest BCUT2D eigenvalue weighted by atomic mass is 10.1. The fourth-order valence-corrected chi connectivity index (χ4v) is 1.62. The van der Waals surface area contributed by atoms with E-state index in [2.05, 4.69) is 5.32 Å². The molecule has 0 saturated heterocycles. The molecule has 1 aromatic rings. The summed E-state index contributed by atoms with van der Waals surface area (Å²) in [5.74, 6) is -0.213. The summed E-state index contributed by atoms with van der Waals surface area (Å²) in [7, 11) is 0. The molecular weight excluding hydrogens is 224 g/mol. The lowest BCUT2D eigenvalue weighted by Gasteiger charge is -2.06. The Kier molecular flexibility index (Phi) is 4.66. The first-order valence-corrected chi connectivity index (χ1v) is 5.27. The molecule has 0 heterocycles. The predicted molar refractivity (Wildman–Crippen MR) is 58.6 cm³/mol. The number of benzene rings is 1. The number of alkyl halides is 1. The minimum atomic E-state index is -0.213. The molecule has 1 nitrogen and oxygen atoms in total. The zero-order chi connectivity index (χ0) is 10.6. The molecule has 0 radical (unpaired) electrons. The number of aryl methyl sites for hydroxylation is 1. The fourth-order valence-electron chi connectivity index (χ4n) is 1.17. The lowest BCUT2D eigenvalue weighted by molar-refractivity contribution is 0.615. The third-order valence-corrected chi connectivity index (χ3v) is 2.53. The molecule has 1 aromatic carbocycles. The van der Waals surface area contributed by atoms with Crippen LogP contribution in [0.5, 0.6) is 0 Å². The second kappa shape index (κ2) is 5.54. The Morgan fingerprint density at radius 2 is 2.14 bits per heavy atom. The number of hydrogen-bond donors (Lipinski definition) is 1. The number of halogens is 3. The molecule has 14 heavy (non-hydrogen) atoms. The molecule has 4 heteroatoms. The molecule has 0 aliphatic rings. The van der Waals surface area contributed by atoms with Gasteiger partial charge in [0, 0.05) is 11.6 Å². The first-order chi connectivity index (χ1) is 6.65. The standard InChI is InChI=1S/C10H12Cl2FN/c1-7-4-9(12)8(5-10(7)13)2-3-14-6-11/h4-5,14H,2-3,6H2,1H3. The minimum absolute atomic E-state index is 0.213. The van der Waals surface area contributed by atoms with Crippen molar-refractivity contribution in [2.24, 2.45) is 0 Å². The van der Waals surface area contributed by atoms with Crippen LogP contribution in [0.15, 0.2) is 12.1 Å². The third-order valence-electron chi connectivity index (χ3n) is 1.99. The molecule has 0 unspecified atom stereocenters. The monoisotopic (exact) mass is 235 g/mol. The first kappa shape index (κ1) is 11.8. The van der Waals surface area contributed by atoms with Crippen molar-refractivity contribution in [1.82, 2.24) is 5.32 Å². The van der Waals surface area contributed by atoms with Gasteiger partial charge in [0.2, 0.25) is 0 Å². The summed E-state index contributed by atoms with van der Waals surface area (Å²) in [5.41, 5.74) is 1.39. The Bertz CT molecular complexity index is 315. The van der Waals surface area contributed by atoms with Crippen LogP contribution < -0.4 is 5.32 Å². The third kappa shape index (κ3) is 3.12. The lowest BCUT2D eigenvalue weighted by Crippen LogP contribution is -2.15. The summed E-state index contributed by atoms with van der Waals surface area (Å²) in [6.07, 6.45) is 0.683. The fraction of sp³-hybridized carbons (Fsp3) is 0.400. The van der Waals surface area contributed by atoms with Gasteiger partial charge in [0.25, 0.3) is 0 Å². The van der Waals surface area contributed by atoms with Crippen molar-refractivity contribution >= 4 is 23.2 Å². The van der Waals surface area contributed by atoms with Crippen LogP contribution in [0.3, 0.4) is 0 Å². The zero-order valence-corrected chi connectivity index (χ0v) is 9.42. The average molecular weight is 236 g/mol. The van der Waals surface area contributed by atoms with Gasteiger partial charge in [0.1, 0.15) is 5.82 Å². The summed E-state index contributed by atoms with van der Waals surface area (Å²) >= 11 is 11.4. The van der Waals surface area contributed by atoms with E-state index >= 15 is 0 Å². The Balaban J connectivity index is 2.72. The van der Waals surface area contributed by atoms with Gasteiger partial charge in [0.05, 0.1) is 6.00 Å². The summed E-state index contributed by atoms with van der Waals surface area (Å²) in [6, 6.07) is 3.52. The van der Waals surface area contributed by atoms with E-state index in [1.54, 1.807) is 13.0 Å². The molecule has 78 valence electrons. The SMILES string of the molecule is Cc1cc(Cl)c(CCNCCl)cc1F.